The van der Waals surface area contributed by atoms with Gasteiger partial charge in [-0.2, -0.15) is 0 Å². The van der Waals surface area contributed by atoms with Crippen LogP contribution in [-0.2, 0) is 21.4 Å². The Labute approximate surface area is 249 Å². The van der Waals surface area contributed by atoms with Gasteiger partial charge < -0.3 is 9.64 Å². The monoisotopic (exact) mass is 610 g/mol. The summed E-state index contributed by atoms with van der Waals surface area (Å²) < 4.78 is 63.2. The molecule has 1 amide bonds. The molecule has 42 heavy (non-hydrogen) atoms. The minimum atomic E-state index is -4.33. The van der Waals surface area contributed by atoms with Crippen molar-refractivity contribution in [2.24, 2.45) is 0 Å². The lowest BCUT2D eigenvalue weighted by atomic mass is 10.2. The zero-order valence-corrected chi connectivity index (χ0v) is 24.4. The number of halogens is 3. The van der Waals surface area contributed by atoms with Crippen LogP contribution >= 0.6 is 11.6 Å². The average Bonchev–Trinajstić information content (AvgIpc) is 2.99. The second kappa shape index (κ2) is 14.1. The lowest BCUT2D eigenvalue weighted by molar-refractivity contribution is -0.124. The zero-order valence-electron chi connectivity index (χ0n) is 22.8. The molecule has 6 nitrogen and oxygen atoms in total. The number of carbonyl (C=O) groups is 1. The molecule has 0 unspecified atom stereocenters. The van der Waals surface area contributed by atoms with Gasteiger partial charge in [-0.05, 0) is 60.5 Å². The number of ether oxygens (including phenoxy) is 1. The number of amides is 1. The van der Waals surface area contributed by atoms with E-state index < -0.39 is 27.3 Å². The molecule has 0 N–H and O–H groups in total. The standard InChI is InChI=1S/C32H29ClF2N2O4S/c1-36(32(38)19-12-24-8-3-2-4-9-24)20-7-21-41-31-11-6-5-10-25(31)23-37(30-22-27(34)15-18-29(30)35)42(39,40)28-16-13-26(33)14-17-28/h2-6,8-19,22H,7,20-21,23H2,1H3. The summed E-state index contributed by atoms with van der Waals surface area (Å²) in [4.78, 5) is 13.9. The van der Waals surface area contributed by atoms with Crippen molar-refractivity contribution in [2.75, 3.05) is 24.5 Å². The Morgan fingerprint density at radius 2 is 1.62 bits per heavy atom. The Hall–Kier alpha value is -4.21. The Balaban J connectivity index is 1.48. The van der Waals surface area contributed by atoms with Gasteiger partial charge in [0.25, 0.3) is 10.0 Å². The van der Waals surface area contributed by atoms with Crippen LogP contribution in [0.1, 0.15) is 17.5 Å². The van der Waals surface area contributed by atoms with Crippen LogP contribution in [0.15, 0.2) is 108 Å². The fourth-order valence-electron chi connectivity index (χ4n) is 4.09. The Morgan fingerprint density at radius 3 is 2.36 bits per heavy atom. The molecule has 4 aromatic rings. The molecule has 0 aliphatic carbocycles. The Morgan fingerprint density at radius 1 is 0.929 bits per heavy atom. The van der Waals surface area contributed by atoms with Gasteiger partial charge in [-0.1, -0.05) is 60.1 Å². The molecule has 10 heteroatoms. The number of hydrogen-bond donors (Lipinski definition) is 0. The van der Waals surface area contributed by atoms with Crippen LogP contribution in [0.5, 0.6) is 5.75 Å². The molecule has 0 spiro atoms. The highest BCUT2D eigenvalue weighted by Crippen LogP contribution is 2.32. The molecule has 4 aromatic carbocycles. The summed E-state index contributed by atoms with van der Waals surface area (Å²) in [5.74, 6) is -1.46. The first kappa shape index (κ1) is 30.7. The second-order valence-corrected chi connectivity index (χ2v) is 11.7. The minimum Gasteiger partial charge on any atom is -0.493 e. The maximum Gasteiger partial charge on any atom is 0.264 e. The van der Waals surface area contributed by atoms with Crippen molar-refractivity contribution in [1.82, 2.24) is 4.90 Å². The average molecular weight is 611 g/mol. The van der Waals surface area contributed by atoms with Crippen LogP contribution in [0.4, 0.5) is 14.5 Å². The highest BCUT2D eigenvalue weighted by molar-refractivity contribution is 7.92. The highest BCUT2D eigenvalue weighted by Gasteiger charge is 2.29. The number of para-hydroxylation sites is 1. The summed E-state index contributed by atoms with van der Waals surface area (Å²) in [5.41, 5.74) is 0.918. The molecule has 4 rings (SSSR count). The van der Waals surface area contributed by atoms with E-state index in [-0.39, 0.29) is 24.0 Å². The minimum absolute atomic E-state index is 0.136. The number of likely N-dealkylation sites (N-methyl/N-ethyl adjacent to an activating group) is 1. The van der Waals surface area contributed by atoms with Gasteiger partial charge >= 0.3 is 0 Å². The van der Waals surface area contributed by atoms with Crippen LogP contribution in [0, 0.1) is 11.6 Å². The van der Waals surface area contributed by atoms with Gasteiger partial charge in [-0.25, -0.2) is 17.2 Å². The molecule has 0 aliphatic heterocycles. The molecular formula is C32H29ClF2N2O4S. The summed E-state index contributed by atoms with van der Waals surface area (Å²) in [6.45, 7) is 0.325. The van der Waals surface area contributed by atoms with E-state index in [4.69, 9.17) is 16.3 Å². The lowest BCUT2D eigenvalue weighted by Crippen LogP contribution is -2.31. The summed E-state index contributed by atoms with van der Waals surface area (Å²) >= 11 is 5.93. The van der Waals surface area contributed by atoms with Crippen LogP contribution in [0.25, 0.3) is 6.08 Å². The number of carbonyl (C=O) groups excluding carboxylic acids is 1. The first-order valence-corrected chi connectivity index (χ1v) is 14.9. The fourth-order valence-corrected chi connectivity index (χ4v) is 5.66. The number of nitrogens with zero attached hydrogens (tertiary/aromatic N) is 2. The smallest absolute Gasteiger partial charge is 0.264 e. The van der Waals surface area contributed by atoms with Gasteiger partial charge in [0.15, 0.2) is 0 Å². The molecule has 0 radical (unpaired) electrons. The van der Waals surface area contributed by atoms with Crippen molar-refractivity contribution < 1.29 is 26.7 Å². The molecule has 218 valence electrons. The molecule has 0 bridgehead atoms. The van der Waals surface area contributed by atoms with E-state index in [9.17, 15) is 22.0 Å². The predicted octanol–water partition coefficient (Wildman–Crippen LogP) is 6.95. The maximum atomic E-state index is 14.9. The van der Waals surface area contributed by atoms with Crippen LogP contribution in [0.3, 0.4) is 0 Å². The highest BCUT2D eigenvalue weighted by atomic mass is 35.5. The topological polar surface area (TPSA) is 66.9 Å². The van der Waals surface area contributed by atoms with Gasteiger partial charge in [0.1, 0.15) is 17.4 Å². The SMILES string of the molecule is CN(CCCOc1ccccc1CN(c1cc(F)ccc1F)S(=O)(=O)c1ccc(Cl)cc1)C(=O)C=Cc1ccccc1. The molecule has 0 fully saturated rings. The molecule has 0 saturated carbocycles. The zero-order chi connectivity index (χ0) is 30.1. The third-order valence-electron chi connectivity index (χ3n) is 6.35. The summed E-state index contributed by atoms with van der Waals surface area (Å²) in [6, 6.07) is 24.3. The van der Waals surface area contributed by atoms with E-state index in [1.54, 1.807) is 42.3 Å². The predicted molar refractivity (Wildman–Crippen MR) is 161 cm³/mol. The molecule has 0 saturated heterocycles. The molecule has 0 heterocycles. The van der Waals surface area contributed by atoms with Gasteiger partial charge in [0.05, 0.1) is 23.7 Å². The first-order valence-electron chi connectivity index (χ1n) is 13.1. The van der Waals surface area contributed by atoms with Gasteiger partial charge in [0, 0.05) is 36.3 Å². The normalized spacial score (nSPS) is 11.4. The Bertz CT molecular complexity index is 1650. The first-order chi connectivity index (χ1) is 20.1. The molecule has 0 atom stereocenters. The van der Waals surface area contributed by atoms with Crippen molar-refractivity contribution in [3.63, 3.8) is 0 Å². The molecular weight excluding hydrogens is 582 g/mol. The lowest BCUT2D eigenvalue weighted by Gasteiger charge is -2.26. The van der Waals surface area contributed by atoms with E-state index in [0.717, 1.165) is 28.1 Å². The maximum absolute atomic E-state index is 14.9. The number of benzene rings is 4. The van der Waals surface area contributed by atoms with Gasteiger partial charge in [-0.15, -0.1) is 0 Å². The number of hydrogen-bond acceptors (Lipinski definition) is 4. The number of anilines is 1. The summed E-state index contributed by atoms with van der Waals surface area (Å²) in [5, 5.41) is 0.329. The fraction of sp³-hybridized carbons (Fsp3) is 0.156. The van der Waals surface area contributed by atoms with Crippen molar-refractivity contribution in [3.8, 4) is 5.75 Å². The van der Waals surface area contributed by atoms with E-state index in [0.29, 0.717) is 29.3 Å². The van der Waals surface area contributed by atoms with Crippen molar-refractivity contribution in [3.05, 3.63) is 131 Å². The van der Waals surface area contributed by atoms with E-state index in [1.807, 2.05) is 30.3 Å². The Kier molecular flexibility index (Phi) is 10.3. The third-order valence-corrected chi connectivity index (χ3v) is 8.38. The van der Waals surface area contributed by atoms with Crippen molar-refractivity contribution in [1.29, 1.82) is 0 Å². The largest absolute Gasteiger partial charge is 0.493 e. The van der Waals surface area contributed by atoms with Gasteiger partial charge in [-0.3, -0.25) is 9.10 Å². The third kappa shape index (κ3) is 7.96. The number of rotatable bonds is 12. The van der Waals surface area contributed by atoms with E-state index >= 15 is 0 Å². The second-order valence-electron chi connectivity index (χ2n) is 9.37. The van der Waals surface area contributed by atoms with Crippen molar-refractivity contribution in [2.45, 2.75) is 17.9 Å². The summed E-state index contributed by atoms with van der Waals surface area (Å²) in [6.07, 6.45) is 3.75. The summed E-state index contributed by atoms with van der Waals surface area (Å²) in [7, 11) is -2.64. The van der Waals surface area contributed by atoms with Crippen molar-refractivity contribution >= 4 is 39.3 Å². The van der Waals surface area contributed by atoms with Crippen LogP contribution in [0.2, 0.25) is 5.02 Å². The molecule has 0 aliphatic rings. The van der Waals surface area contributed by atoms with Gasteiger partial charge in [0.2, 0.25) is 5.91 Å². The molecule has 0 aromatic heterocycles. The van der Waals surface area contributed by atoms with E-state index in [1.165, 1.54) is 30.3 Å². The van der Waals surface area contributed by atoms with Crippen LogP contribution in [-0.4, -0.2) is 39.4 Å². The van der Waals surface area contributed by atoms with E-state index in [2.05, 4.69) is 0 Å². The quantitative estimate of drug-likeness (QED) is 0.129. The van der Waals surface area contributed by atoms with Crippen LogP contribution < -0.4 is 9.04 Å². The number of sulfonamides is 1.